The van der Waals surface area contributed by atoms with Crippen LogP contribution in [0.1, 0.15) is 20.8 Å². The van der Waals surface area contributed by atoms with Gasteiger partial charge in [-0.1, -0.05) is 0 Å². The van der Waals surface area contributed by atoms with E-state index >= 15 is 0 Å². The fraction of sp³-hybridized carbons (Fsp3) is 1.00. The molecule has 0 saturated carbocycles. The molecule has 16 heavy (non-hydrogen) atoms. The number of rotatable bonds is 9. The van der Waals surface area contributed by atoms with Gasteiger partial charge in [0.1, 0.15) is 0 Å². The smallest absolute Gasteiger partial charge is 0.0863 e. The third-order valence-electron chi connectivity index (χ3n) is 1.76. The fourth-order valence-electron chi connectivity index (χ4n) is 1.06. The number of aliphatic hydroxyl groups is 1. The molecule has 0 amide bonds. The minimum Gasteiger partial charge on any atom is -0.390 e. The first-order chi connectivity index (χ1) is 7.35. The molecule has 3 N–H and O–H groups in total. The Morgan fingerprint density at radius 3 is 2.50 bits per heavy atom. The zero-order valence-corrected chi connectivity index (χ0v) is 11.5. The summed E-state index contributed by atoms with van der Waals surface area (Å²) in [6, 6.07) is 0. The molecule has 0 saturated heterocycles. The minimum atomic E-state index is -0.438. The van der Waals surface area contributed by atoms with Crippen LogP contribution in [0.5, 0.6) is 0 Å². The molecular weight excluding hydrogens is 226 g/mol. The van der Waals surface area contributed by atoms with Crippen LogP contribution < -0.4 is 5.73 Å². The minimum absolute atomic E-state index is 0.0237. The van der Waals surface area contributed by atoms with Gasteiger partial charge in [0.15, 0.2) is 0 Å². The maximum atomic E-state index is 9.64. The Hall–Kier alpha value is 0.190. The average Bonchev–Trinajstić information content (AvgIpc) is 2.13. The van der Waals surface area contributed by atoms with Crippen molar-refractivity contribution in [3.63, 3.8) is 0 Å². The number of hydrogen-bond acceptors (Lipinski definition) is 5. The molecule has 0 spiro atoms. The van der Waals surface area contributed by atoms with Gasteiger partial charge in [0.2, 0.25) is 0 Å². The molecule has 0 aliphatic rings. The number of thioether (sulfide) groups is 1. The third-order valence-corrected chi connectivity index (χ3v) is 3.33. The Bertz CT molecular complexity index is 173. The molecule has 0 heterocycles. The summed E-state index contributed by atoms with van der Waals surface area (Å²) >= 11 is 1.65. The molecule has 5 heteroatoms. The van der Waals surface area contributed by atoms with Gasteiger partial charge in [-0.15, -0.1) is 0 Å². The standard InChI is InChI=1S/C11H25NO3S/c1-9(5-14-4)15-6-10(13)7-16-8-11(2,3)12/h9-10,13H,5-8,12H2,1-4H3. The number of methoxy groups -OCH3 is 1. The van der Waals surface area contributed by atoms with Gasteiger partial charge in [-0.3, -0.25) is 0 Å². The van der Waals surface area contributed by atoms with Crippen LogP contribution in [0.3, 0.4) is 0 Å². The van der Waals surface area contributed by atoms with Crippen LogP contribution in [0.25, 0.3) is 0 Å². The molecule has 4 nitrogen and oxygen atoms in total. The topological polar surface area (TPSA) is 64.7 Å². The summed E-state index contributed by atoms with van der Waals surface area (Å²) in [5, 5.41) is 9.64. The lowest BCUT2D eigenvalue weighted by Gasteiger charge is -2.19. The number of ether oxygens (including phenoxy) is 2. The third kappa shape index (κ3) is 10.7. The molecule has 2 atom stereocenters. The maximum absolute atomic E-state index is 9.64. The van der Waals surface area contributed by atoms with Crippen LogP contribution >= 0.6 is 11.8 Å². The van der Waals surface area contributed by atoms with Crippen LogP contribution in [-0.4, -0.2) is 54.7 Å². The first-order valence-corrected chi connectivity index (χ1v) is 6.66. The Morgan fingerprint density at radius 2 is 2.00 bits per heavy atom. The molecule has 0 fully saturated rings. The summed E-state index contributed by atoms with van der Waals surface area (Å²) in [7, 11) is 1.63. The lowest BCUT2D eigenvalue weighted by atomic mass is 10.1. The number of aliphatic hydroxyl groups excluding tert-OH is 1. The van der Waals surface area contributed by atoms with Gasteiger partial charge in [0.25, 0.3) is 0 Å². The van der Waals surface area contributed by atoms with E-state index in [0.29, 0.717) is 19.0 Å². The second-order valence-electron chi connectivity index (χ2n) is 4.76. The number of nitrogens with two attached hydrogens (primary N) is 1. The van der Waals surface area contributed by atoms with Gasteiger partial charge in [-0.05, 0) is 20.8 Å². The monoisotopic (exact) mass is 251 g/mol. The lowest BCUT2D eigenvalue weighted by Crippen LogP contribution is -2.35. The van der Waals surface area contributed by atoms with Crippen LogP contribution in [0, 0.1) is 0 Å². The van der Waals surface area contributed by atoms with Crippen LogP contribution in [-0.2, 0) is 9.47 Å². The summed E-state index contributed by atoms with van der Waals surface area (Å²) in [5.41, 5.74) is 5.65. The molecule has 98 valence electrons. The van der Waals surface area contributed by atoms with Gasteiger partial charge < -0.3 is 20.3 Å². The van der Waals surface area contributed by atoms with Gasteiger partial charge in [-0.25, -0.2) is 0 Å². The molecular formula is C11H25NO3S. The van der Waals surface area contributed by atoms with Crippen molar-refractivity contribution in [3.8, 4) is 0 Å². The van der Waals surface area contributed by atoms with Crippen molar-refractivity contribution in [1.82, 2.24) is 0 Å². The van der Waals surface area contributed by atoms with E-state index in [9.17, 15) is 5.11 Å². The second kappa shape index (κ2) is 8.31. The van der Waals surface area contributed by atoms with Crippen molar-refractivity contribution in [2.75, 3.05) is 31.8 Å². The molecule has 0 aromatic heterocycles. The van der Waals surface area contributed by atoms with E-state index in [-0.39, 0.29) is 11.6 Å². The molecule has 0 aliphatic carbocycles. The predicted octanol–water partition coefficient (Wildman–Crippen LogP) is 0.869. The van der Waals surface area contributed by atoms with E-state index < -0.39 is 6.10 Å². The lowest BCUT2D eigenvalue weighted by molar-refractivity contribution is -0.0257. The van der Waals surface area contributed by atoms with Crippen LogP contribution in [0.15, 0.2) is 0 Å². The van der Waals surface area contributed by atoms with Crippen LogP contribution in [0.2, 0.25) is 0 Å². The summed E-state index contributed by atoms with van der Waals surface area (Å²) in [6.07, 6.45) is -0.415. The largest absolute Gasteiger partial charge is 0.390 e. The molecule has 0 aromatic rings. The average molecular weight is 251 g/mol. The Balaban J connectivity index is 3.48. The SMILES string of the molecule is COCC(C)OCC(O)CSCC(C)(C)N. The number of hydrogen-bond donors (Lipinski definition) is 2. The van der Waals surface area contributed by atoms with E-state index in [2.05, 4.69) is 0 Å². The summed E-state index contributed by atoms with van der Waals surface area (Å²) < 4.78 is 10.3. The summed E-state index contributed by atoms with van der Waals surface area (Å²) in [6.45, 7) is 6.78. The maximum Gasteiger partial charge on any atom is 0.0863 e. The quantitative estimate of drug-likeness (QED) is 0.636. The highest BCUT2D eigenvalue weighted by atomic mass is 32.2. The molecule has 0 aromatic carbocycles. The van der Waals surface area contributed by atoms with Gasteiger partial charge in [-0.2, -0.15) is 11.8 Å². The molecule has 0 radical (unpaired) electrons. The van der Waals surface area contributed by atoms with E-state index in [4.69, 9.17) is 15.2 Å². The zero-order valence-electron chi connectivity index (χ0n) is 10.7. The van der Waals surface area contributed by atoms with E-state index in [1.54, 1.807) is 18.9 Å². The zero-order chi connectivity index (χ0) is 12.6. The first kappa shape index (κ1) is 16.2. The summed E-state index contributed by atoms with van der Waals surface area (Å²) in [4.78, 5) is 0. The van der Waals surface area contributed by atoms with E-state index in [1.165, 1.54) is 0 Å². The van der Waals surface area contributed by atoms with Crippen molar-refractivity contribution in [1.29, 1.82) is 0 Å². The fourth-order valence-corrected chi connectivity index (χ4v) is 2.08. The van der Waals surface area contributed by atoms with E-state index in [0.717, 1.165) is 5.75 Å². The van der Waals surface area contributed by atoms with Gasteiger partial charge in [0, 0.05) is 24.2 Å². The molecule has 0 bridgehead atoms. The van der Waals surface area contributed by atoms with Crippen molar-refractivity contribution in [2.45, 2.75) is 38.5 Å². The van der Waals surface area contributed by atoms with Gasteiger partial charge >= 0.3 is 0 Å². The highest BCUT2D eigenvalue weighted by molar-refractivity contribution is 7.99. The first-order valence-electron chi connectivity index (χ1n) is 5.50. The normalized spacial score (nSPS) is 16.1. The second-order valence-corrected chi connectivity index (χ2v) is 5.79. The highest BCUT2D eigenvalue weighted by Gasteiger charge is 2.13. The van der Waals surface area contributed by atoms with Crippen molar-refractivity contribution in [2.24, 2.45) is 5.73 Å². The molecule has 2 unspecified atom stereocenters. The van der Waals surface area contributed by atoms with Crippen LogP contribution in [0.4, 0.5) is 0 Å². The van der Waals surface area contributed by atoms with Gasteiger partial charge in [0.05, 0.1) is 25.4 Å². The summed E-state index contributed by atoms with van der Waals surface area (Å²) in [5.74, 6) is 1.48. The predicted molar refractivity (Wildman–Crippen MR) is 68.9 cm³/mol. The Morgan fingerprint density at radius 1 is 1.38 bits per heavy atom. The van der Waals surface area contributed by atoms with Crippen molar-refractivity contribution >= 4 is 11.8 Å². The Labute approximate surface area is 103 Å². The highest BCUT2D eigenvalue weighted by Crippen LogP contribution is 2.11. The Kier molecular flexibility index (Phi) is 8.40. The molecule has 0 aliphatic heterocycles. The van der Waals surface area contributed by atoms with Crippen molar-refractivity contribution < 1.29 is 14.6 Å². The van der Waals surface area contributed by atoms with Crippen molar-refractivity contribution in [3.05, 3.63) is 0 Å². The van der Waals surface area contributed by atoms with E-state index in [1.807, 2.05) is 20.8 Å². The molecule has 0 rings (SSSR count).